The minimum absolute atomic E-state index is 0.112. The fraction of sp³-hybridized carbons (Fsp3) is 0.136. The Balaban J connectivity index is 1.80. The Labute approximate surface area is 169 Å². The van der Waals surface area contributed by atoms with E-state index in [1.165, 1.54) is 19.2 Å². The number of anilines is 1. The van der Waals surface area contributed by atoms with Crippen LogP contribution in [-0.2, 0) is 22.9 Å². The van der Waals surface area contributed by atoms with Crippen molar-refractivity contribution in [2.24, 2.45) is 0 Å². The largest absolute Gasteiger partial charge is 0.497 e. The molecule has 29 heavy (non-hydrogen) atoms. The lowest BCUT2D eigenvalue weighted by atomic mass is 10.0. The maximum Gasteiger partial charge on any atom is 0.335 e. The van der Waals surface area contributed by atoms with E-state index < -0.39 is 16.0 Å². The molecule has 2 N–H and O–H groups in total. The topological polar surface area (TPSA) is 92.7 Å². The number of nitrogens with one attached hydrogen (secondary N) is 1. The molecular weight excluding hydrogens is 390 g/mol. The molecule has 0 bridgehead atoms. The number of aryl methyl sites for hydroxylation is 2. The van der Waals surface area contributed by atoms with E-state index in [2.05, 4.69) is 4.72 Å². The van der Waals surface area contributed by atoms with Crippen LogP contribution in [0, 0.1) is 0 Å². The first-order valence-corrected chi connectivity index (χ1v) is 10.4. The van der Waals surface area contributed by atoms with Crippen molar-refractivity contribution in [3.8, 4) is 5.75 Å². The van der Waals surface area contributed by atoms with Crippen LogP contribution in [0.1, 0.15) is 21.5 Å². The standard InChI is InChI=1S/C22H21NO5S/c1-28-19-9-5-10-20(15-19)29(26,27)23-21-11-3-2-7-17(21)13-12-16-6-4-8-18(14-16)22(24)25/h2-11,14-15,23H,12-13H2,1H3,(H,24,25). The lowest BCUT2D eigenvalue weighted by molar-refractivity contribution is 0.0696. The predicted molar refractivity (Wildman–Crippen MR) is 111 cm³/mol. The number of carboxylic acid groups (broad SMARTS) is 1. The molecule has 150 valence electrons. The van der Waals surface area contributed by atoms with Gasteiger partial charge in [-0.15, -0.1) is 0 Å². The minimum Gasteiger partial charge on any atom is -0.497 e. The first-order chi connectivity index (χ1) is 13.9. The summed E-state index contributed by atoms with van der Waals surface area (Å²) in [5.74, 6) is -0.516. The van der Waals surface area contributed by atoms with Crippen LogP contribution in [0.25, 0.3) is 0 Å². The zero-order chi connectivity index (χ0) is 20.9. The SMILES string of the molecule is COc1cccc(S(=O)(=O)Nc2ccccc2CCc2cccc(C(=O)O)c2)c1. The molecule has 0 amide bonds. The van der Waals surface area contributed by atoms with Gasteiger partial charge in [0.1, 0.15) is 5.75 Å². The number of methoxy groups -OCH3 is 1. The Bertz CT molecular complexity index is 1130. The van der Waals surface area contributed by atoms with Gasteiger partial charge in [-0.1, -0.05) is 36.4 Å². The highest BCUT2D eigenvalue weighted by atomic mass is 32.2. The number of benzene rings is 3. The van der Waals surface area contributed by atoms with Gasteiger partial charge >= 0.3 is 5.97 Å². The van der Waals surface area contributed by atoms with Crippen molar-refractivity contribution >= 4 is 21.7 Å². The van der Waals surface area contributed by atoms with Crippen LogP contribution >= 0.6 is 0 Å². The van der Waals surface area contributed by atoms with E-state index in [0.29, 0.717) is 24.3 Å². The summed E-state index contributed by atoms with van der Waals surface area (Å²) in [5.41, 5.74) is 2.41. The van der Waals surface area contributed by atoms with Gasteiger partial charge in [-0.2, -0.15) is 0 Å². The van der Waals surface area contributed by atoms with Gasteiger partial charge in [0, 0.05) is 6.07 Å². The zero-order valence-corrected chi connectivity index (χ0v) is 16.6. The van der Waals surface area contributed by atoms with E-state index >= 15 is 0 Å². The van der Waals surface area contributed by atoms with E-state index in [1.807, 2.05) is 18.2 Å². The smallest absolute Gasteiger partial charge is 0.335 e. The van der Waals surface area contributed by atoms with Crippen molar-refractivity contribution < 1.29 is 23.1 Å². The molecule has 0 unspecified atom stereocenters. The van der Waals surface area contributed by atoms with Crippen molar-refractivity contribution in [3.05, 3.63) is 89.5 Å². The number of sulfonamides is 1. The van der Waals surface area contributed by atoms with Gasteiger partial charge in [-0.3, -0.25) is 4.72 Å². The van der Waals surface area contributed by atoms with Gasteiger partial charge < -0.3 is 9.84 Å². The quantitative estimate of drug-likeness (QED) is 0.585. The monoisotopic (exact) mass is 411 g/mol. The van der Waals surface area contributed by atoms with Crippen LogP contribution in [0.2, 0.25) is 0 Å². The molecule has 0 fully saturated rings. The number of para-hydroxylation sites is 1. The van der Waals surface area contributed by atoms with Gasteiger partial charge in [-0.25, -0.2) is 13.2 Å². The highest BCUT2D eigenvalue weighted by Gasteiger charge is 2.16. The summed E-state index contributed by atoms with van der Waals surface area (Å²) in [6.45, 7) is 0. The Morgan fingerprint density at radius 3 is 2.48 bits per heavy atom. The first-order valence-electron chi connectivity index (χ1n) is 8.96. The Kier molecular flexibility index (Phi) is 6.19. The molecule has 0 atom stereocenters. The van der Waals surface area contributed by atoms with Gasteiger partial charge in [-0.05, 0) is 54.3 Å². The van der Waals surface area contributed by atoms with Crippen molar-refractivity contribution in [1.82, 2.24) is 0 Å². The van der Waals surface area contributed by atoms with Gasteiger partial charge in [0.15, 0.2) is 0 Å². The molecule has 6 nitrogen and oxygen atoms in total. The van der Waals surface area contributed by atoms with Crippen LogP contribution in [0.3, 0.4) is 0 Å². The first kappa shape index (κ1) is 20.4. The maximum absolute atomic E-state index is 12.8. The number of hydrogen-bond donors (Lipinski definition) is 2. The summed E-state index contributed by atoms with van der Waals surface area (Å²) in [7, 11) is -2.30. The lowest BCUT2D eigenvalue weighted by Gasteiger charge is -2.13. The maximum atomic E-state index is 12.8. The molecule has 0 saturated heterocycles. The third-order valence-corrected chi connectivity index (χ3v) is 5.83. The van der Waals surface area contributed by atoms with Crippen molar-refractivity contribution in [3.63, 3.8) is 0 Å². The van der Waals surface area contributed by atoms with E-state index in [1.54, 1.807) is 42.5 Å². The number of hydrogen-bond acceptors (Lipinski definition) is 4. The van der Waals surface area contributed by atoms with Gasteiger partial charge in [0.2, 0.25) is 0 Å². The van der Waals surface area contributed by atoms with E-state index in [-0.39, 0.29) is 10.5 Å². The third-order valence-electron chi connectivity index (χ3n) is 4.47. The zero-order valence-electron chi connectivity index (χ0n) is 15.8. The molecule has 3 rings (SSSR count). The summed E-state index contributed by atoms with van der Waals surface area (Å²) in [6, 6.07) is 20.2. The summed E-state index contributed by atoms with van der Waals surface area (Å²) in [6.07, 6.45) is 1.14. The number of carboxylic acids is 1. The second-order valence-corrected chi connectivity index (χ2v) is 8.13. The molecule has 7 heteroatoms. The molecule has 0 aromatic heterocycles. The summed E-state index contributed by atoms with van der Waals surface area (Å²) in [4.78, 5) is 11.2. The van der Waals surface area contributed by atoms with Crippen molar-refractivity contribution in [2.75, 3.05) is 11.8 Å². The van der Waals surface area contributed by atoms with Crippen LogP contribution in [0.5, 0.6) is 5.75 Å². The lowest BCUT2D eigenvalue weighted by Crippen LogP contribution is -2.14. The van der Waals surface area contributed by atoms with E-state index in [0.717, 1.165) is 11.1 Å². The fourth-order valence-corrected chi connectivity index (χ4v) is 4.08. The minimum atomic E-state index is -3.78. The molecule has 0 spiro atoms. The van der Waals surface area contributed by atoms with Crippen molar-refractivity contribution in [2.45, 2.75) is 17.7 Å². The third kappa shape index (κ3) is 5.14. The highest BCUT2D eigenvalue weighted by molar-refractivity contribution is 7.92. The molecule has 0 aliphatic carbocycles. The normalized spacial score (nSPS) is 11.1. The van der Waals surface area contributed by atoms with Crippen LogP contribution in [0.4, 0.5) is 5.69 Å². The predicted octanol–water partition coefficient (Wildman–Crippen LogP) is 3.98. The van der Waals surface area contributed by atoms with E-state index in [4.69, 9.17) is 9.84 Å². The molecule has 0 saturated carbocycles. The van der Waals surface area contributed by atoms with Crippen molar-refractivity contribution in [1.29, 1.82) is 0 Å². The second-order valence-electron chi connectivity index (χ2n) is 6.45. The molecule has 3 aromatic carbocycles. The molecule has 0 aliphatic heterocycles. The molecular formula is C22H21NO5S. The molecule has 0 radical (unpaired) electrons. The summed E-state index contributed by atoms with van der Waals surface area (Å²) < 4.78 is 33.3. The molecule has 3 aromatic rings. The molecule has 0 aliphatic rings. The Hall–Kier alpha value is -3.32. The average Bonchev–Trinajstić information content (AvgIpc) is 2.73. The van der Waals surface area contributed by atoms with Gasteiger partial charge in [0.05, 0.1) is 23.3 Å². The number of carbonyl (C=O) groups is 1. The number of rotatable bonds is 8. The van der Waals surface area contributed by atoms with Crippen LogP contribution in [0.15, 0.2) is 77.7 Å². The average molecular weight is 411 g/mol. The van der Waals surface area contributed by atoms with Crippen LogP contribution < -0.4 is 9.46 Å². The Morgan fingerprint density at radius 2 is 1.72 bits per heavy atom. The summed E-state index contributed by atoms with van der Waals surface area (Å²) in [5, 5.41) is 9.13. The Morgan fingerprint density at radius 1 is 0.966 bits per heavy atom. The number of aromatic carboxylic acids is 1. The van der Waals surface area contributed by atoms with E-state index in [9.17, 15) is 13.2 Å². The highest BCUT2D eigenvalue weighted by Crippen LogP contribution is 2.24. The fourth-order valence-electron chi connectivity index (χ4n) is 2.95. The van der Waals surface area contributed by atoms with Crippen LogP contribution in [-0.4, -0.2) is 26.6 Å². The summed E-state index contributed by atoms with van der Waals surface area (Å²) >= 11 is 0. The molecule has 0 heterocycles. The second kappa shape index (κ2) is 8.79. The number of ether oxygens (including phenoxy) is 1. The van der Waals surface area contributed by atoms with Gasteiger partial charge in [0.25, 0.3) is 10.0 Å².